The van der Waals surface area contributed by atoms with Gasteiger partial charge < -0.3 is 4.42 Å². The summed E-state index contributed by atoms with van der Waals surface area (Å²) in [5.74, 6) is 1.03. The van der Waals surface area contributed by atoms with Crippen molar-refractivity contribution in [3.8, 4) is 11.6 Å². The maximum Gasteiger partial charge on any atom is 0.266 e. The van der Waals surface area contributed by atoms with Crippen LogP contribution in [0.4, 0.5) is 0 Å². The molecule has 0 spiro atoms. The molecule has 0 amide bonds. The largest absolute Gasteiger partial charge is 0.419 e. The van der Waals surface area contributed by atoms with Crippen molar-refractivity contribution in [1.82, 2.24) is 19.5 Å². The number of piperidine rings is 1. The Hall–Kier alpha value is -2.32. The Morgan fingerprint density at radius 3 is 2.64 bits per heavy atom. The first-order chi connectivity index (χ1) is 12.0. The average Bonchev–Trinajstić information content (AvgIpc) is 3.10. The maximum absolute atomic E-state index is 11.6. The fourth-order valence-electron chi connectivity index (χ4n) is 3.22. The van der Waals surface area contributed by atoms with Crippen LogP contribution in [0.2, 0.25) is 0 Å². The summed E-state index contributed by atoms with van der Waals surface area (Å²) in [4.78, 5) is 4.40. The van der Waals surface area contributed by atoms with Crippen LogP contribution in [0.25, 0.3) is 22.4 Å². The number of benzene rings is 1. The van der Waals surface area contributed by atoms with Crippen molar-refractivity contribution in [2.75, 3.05) is 19.3 Å². The quantitative estimate of drug-likeness (QED) is 0.714. The Kier molecular flexibility index (Phi) is 4.01. The van der Waals surface area contributed by atoms with Crippen LogP contribution in [-0.4, -0.2) is 47.2 Å². The van der Waals surface area contributed by atoms with Crippen LogP contribution in [-0.2, 0) is 10.0 Å². The first-order valence-electron chi connectivity index (χ1n) is 8.15. The summed E-state index contributed by atoms with van der Waals surface area (Å²) in [6.45, 7) is 0.960. The number of hydrogen-bond donors (Lipinski definition) is 0. The van der Waals surface area contributed by atoms with Gasteiger partial charge in [0.2, 0.25) is 15.9 Å². The van der Waals surface area contributed by atoms with Crippen molar-refractivity contribution >= 4 is 20.8 Å². The lowest BCUT2D eigenvalue weighted by Gasteiger charge is -2.28. The molecule has 2 aromatic heterocycles. The van der Waals surface area contributed by atoms with E-state index in [9.17, 15) is 8.42 Å². The first-order valence-corrected chi connectivity index (χ1v) is 10.00. The Morgan fingerprint density at radius 2 is 1.88 bits per heavy atom. The van der Waals surface area contributed by atoms with Gasteiger partial charge in [-0.25, -0.2) is 12.7 Å². The molecule has 4 rings (SSSR count). The predicted octanol–water partition coefficient (Wildman–Crippen LogP) is 2.42. The minimum atomic E-state index is -3.14. The minimum Gasteiger partial charge on any atom is -0.419 e. The monoisotopic (exact) mass is 358 g/mol. The Balaban J connectivity index is 1.59. The van der Waals surface area contributed by atoms with Gasteiger partial charge in [-0.1, -0.05) is 24.3 Å². The van der Waals surface area contributed by atoms with Crippen molar-refractivity contribution in [2.45, 2.75) is 18.8 Å². The molecule has 3 aromatic rings. The van der Waals surface area contributed by atoms with Crippen molar-refractivity contribution < 1.29 is 12.8 Å². The lowest BCUT2D eigenvalue weighted by Crippen LogP contribution is -2.37. The second-order valence-corrected chi connectivity index (χ2v) is 8.24. The summed E-state index contributed by atoms with van der Waals surface area (Å²) >= 11 is 0. The zero-order valence-electron chi connectivity index (χ0n) is 13.8. The number of fused-ring (bicyclic) bond motifs is 1. The fourth-order valence-corrected chi connectivity index (χ4v) is 4.09. The number of aromatic nitrogens is 3. The fraction of sp³-hybridized carbons (Fsp3) is 0.353. The molecule has 0 N–H and O–H groups in total. The first kappa shape index (κ1) is 16.2. The summed E-state index contributed by atoms with van der Waals surface area (Å²) in [5, 5.41) is 10.4. The molecule has 3 heterocycles. The third-order valence-electron chi connectivity index (χ3n) is 4.59. The van der Waals surface area contributed by atoms with Crippen LogP contribution in [0.3, 0.4) is 0 Å². The SMILES string of the molecule is CS(=O)(=O)N1CCC(c2nnc(-c3nccc4ccccc34)o2)CC1. The van der Waals surface area contributed by atoms with E-state index in [1.807, 2.05) is 30.3 Å². The van der Waals surface area contributed by atoms with Gasteiger partial charge in [-0.3, -0.25) is 4.98 Å². The molecule has 130 valence electrons. The molecule has 0 unspecified atom stereocenters. The highest BCUT2D eigenvalue weighted by Crippen LogP contribution is 2.31. The molecule has 8 heteroatoms. The van der Waals surface area contributed by atoms with Gasteiger partial charge in [0.05, 0.1) is 6.26 Å². The summed E-state index contributed by atoms with van der Waals surface area (Å²) in [6, 6.07) is 9.86. The van der Waals surface area contributed by atoms with Crippen molar-refractivity contribution in [2.24, 2.45) is 0 Å². The maximum atomic E-state index is 11.6. The van der Waals surface area contributed by atoms with Crippen LogP contribution in [0.1, 0.15) is 24.7 Å². The number of rotatable bonds is 3. The van der Waals surface area contributed by atoms with Gasteiger partial charge in [0, 0.05) is 30.6 Å². The van der Waals surface area contributed by atoms with E-state index >= 15 is 0 Å². The van der Waals surface area contributed by atoms with Crippen LogP contribution < -0.4 is 0 Å². The normalized spacial score (nSPS) is 17.2. The standard InChI is InChI=1S/C17H18N4O3S/c1-25(22,23)21-10-7-13(8-11-21)16-19-20-17(24-16)15-14-5-3-2-4-12(14)6-9-18-15/h2-6,9,13H,7-8,10-11H2,1H3. The molecule has 0 saturated carbocycles. The van der Waals surface area contributed by atoms with E-state index in [-0.39, 0.29) is 5.92 Å². The number of nitrogens with zero attached hydrogens (tertiary/aromatic N) is 4. The number of sulfonamides is 1. The van der Waals surface area contributed by atoms with Gasteiger partial charge in [-0.2, -0.15) is 0 Å². The van der Waals surface area contributed by atoms with Crippen molar-refractivity contribution in [1.29, 1.82) is 0 Å². The average molecular weight is 358 g/mol. The Labute approximate surface area is 145 Å². The molecule has 0 aliphatic carbocycles. The molecule has 0 bridgehead atoms. The topological polar surface area (TPSA) is 89.2 Å². The third-order valence-corrected chi connectivity index (χ3v) is 5.89. The van der Waals surface area contributed by atoms with E-state index in [2.05, 4.69) is 15.2 Å². The van der Waals surface area contributed by atoms with E-state index in [0.29, 0.717) is 43.4 Å². The molecule has 1 aliphatic rings. The van der Waals surface area contributed by atoms with Gasteiger partial charge in [0.1, 0.15) is 5.69 Å². The Morgan fingerprint density at radius 1 is 1.12 bits per heavy atom. The van der Waals surface area contributed by atoms with Gasteiger partial charge >= 0.3 is 0 Å². The zero-order chi connectivity index (χ0) is 17.4. The molecule has 7 nitrogen and oxygen atoms in total. The highest BCUT2D eigenvalue weighted by atomic mass is 32.2. The highest BCUT2D eigenvalue weighted by Gasteiger charge is 2.29. The van der Waals surface area contributed by atoms with Crippen LogP contribution in [0.5, 0.6) is 0 Å². The minimum absolute atomic E-state index is 0.0780. The molecule has 0 atom stereocenters. The molecule has 1 aliphatic heterocycles. The summed E-state index contributed by atoms with van der Waals surface area (Å²) < 4.78 is 30.6. The van der Waals surface area contributed by atoms with E-state index in [1.54, 1.807) is 6.20 Å². The summed E-state index contributed by atoms with van der Waals surface area (Å²) in [6.07, 6.45) is 4.33. The molecule has 1 fully saturated rings. The second kappa shape index (κ2) is 6.20. The zero-order valence-corrected chi connectivity index (χ0v) is 14.6. The van der Waals surface area contributed by atoms with Crippen LogP contribution in [0, 0.1) is 0 Å². The van der Waals surface area contributed by atoms with Gasteiger partial charge in [0.15, 0.2) is 0 Å². The predicted molar refractivity (Wildman–Crippen MR) is 93.4 cm³/mol. The third kappa shape index (κ3) is 3.14. The highest BCUT2D eigenvalue weighted by molar-refractivity contribution is 7.88. The molecule has 1 aromatic carbocycles. The van der Waals surface area contributed by atoms with Crippen molar-refractivity contribution in [3.63, 3.8) is 0 Å². The van der Waals surface area contributed by atoms with E-state index in [4.69, 9.17) is 4.42 Å². The molecule has 1 saturated heterocycles. The Bertz CT molecular complexity index is 1000. The van der Waals surface area contributed by atoms with Gasteiger partial charge in [-0.05, 0) is 24.3 Å². The van der Waals surface area contributed by atoms with E-state index < -0.39 is 10.0 Å². The molecular weight excluding hydrogens is 340 g/mol. The molecule has 25 heavy (non-hydrogen) atoms. The summed E-state index contributed by atoms with van der Waals surface area (Å²) in [7, 11) is -3.14. The van der Waals surface area contributed by atoms with E-state index in [1.165, 1.54) is 10.6 Å². The molecule has 0 radical (unpaired) electrons. The number of hydrogen-bond acceptors (Lipinski definition) is 6. The van der Waals surface area contributed by atoms with Gasteiger partial charge in [-0.15, -0.1) is 10.2 Å². The smallest absolute Gasteiger partial charge is 0.266 e. The van der Waals surface area contributed by atoms with Crippen LogP contribution in [0.15, 0.2) is 40.9 Å². The summed E-state index contributed by atoms with van der Waals surface area (Å²) in [5.41, 5.74) is 0.672. The van der Waals surface area contributed by atoms with Gasteiger partial charge in [0.25, 0.3) is 5.89 Å². The number of pyridine rings is 1. The lowest BCUT2D eigenvalue weighted by atomic mass is 9.98. The van der Waals surface area contributed by atoms with E-state index in [0.717, 1.165) is 10.8 Å². The lowest BCUT2D eigenvalue weighted by molar-refractivity contribution is 0.292. The molecular formula is C17H18N4O3S. The van der Waals surface area contributed by atoms with Crippen molar-refractivity contribution in [3.05, 3.63) is 42.4 Å². The second-order valence-electron chi connectivity index (χ2n) is 6.26. The van der Waals surface area contributed by atoms with Crippen LogP contribution >= 0.6 is 0 Å².